The first-order valence-electron chi connectivity index (χ1n) is 5.54. The molecular weight excluding hydrogens is 206 g/mol. The van der Waals surface area contributed by atoms with E-state index < -0.39 is 0 Å². The lowest BCUT2D eigenvalue weighted by atomic mass is 10.2. The monoisotopic (exact) mass is 225 g/mol. The van der Waals surface area contributed by atoms with E-state index in [1.165, 1.54) is 0 Å². The van der Waals surface area contributed by atoms with Gasteiger partial charge in [-0.15, -0.1) is 0 Å². The van der Waals surface area contributed by atoms with Gasteiger partial charge in [0.2, 0.25) is 0 Å². The molecule has 0 radical (unpaired) electrons. The Morgan fingerprint density at radius 1 is 0.875 bits per heavy atom. The van der Waals surface area contributed by atoms with Crippen molar-refractivity contribution in [1.82, 2.24) is 0 Å². The van der Waals surface area contributed by atoms with Crippen LogP contribution >= 0.6 is 0 Å². The summed E-state index contributed by atoms with van der Waals surface area (Å²) >= 11 is 0. The summed E-state index contributed by atoms with van der Waals surface area (Å²) in [6, 6.07) is 3.57. The number of nitrogens with two attached hydrogens (primary N) is 1. The van der Waals surface area contributed by atoms with Gasteiger partial charge >= 0.3 is 0 Å². The normalized spacial score (nSPS) is 9.94. The van der Waals surface area contributed by atoms with Gasteiger partial charge < -0.3 is 19.9 Å². The van der Waals surface area contributed by atoms with Crippen molar-refractivity contribution in [2.75, 3.05) is 25.6 Å². The molecule has 0 unspecified atom stereocenters. The molecule has 4 nitrogen and oxygen atoms in total. The fourth-order valence-electron chi connectivity index (χ4n) is 1.38. The van der Waals surface area contributed by atoms with E-state index in [9.17, 15) is 0 Å². The zero-order valence-electron chi connectivity index (χ0n) is 10.1. The third-order valence-corrected chi connectivity index (χ3v) is 1.99. The molecule has 0 atom stereocenters. The van der Waals surface area contributed by atoms with Crippen LogP contribution in [0.3, 0.4) is 0 Å². The highest BCUT2D eigenvalue weighted by molar-refractivity contribution is 5.65. The Labute approximate surface area is 96.3 Å². The van der Waals surface area contributed by atoms with Gasteiger partial charge in [-0.05, 0) is 20.8 Å². The second-order valence-electron chi connectivity index (χ2n) is 3.13. The summed E-state index contributed by atoms with van der Waals surface area (Å²) in [5.74, 6) is 1.93. The molecule has 0 bridgehead atoms. The van der Waals surface area contributed by atoms with Gasteiger partial charge in [0, 0.05) is 12.1 Å². The van der Waals surface area contributed by atoms with Gasteiger partial charge in [0.15, 0.2) is 0 Å². The van der Waals surface area contributed by atoms with E-state index in [-0.39, 0.29) is 0 Å². The molecule has 0 saturated heterocycles. The van der Waals surface area contributed by atoms with Crippen LogP contribution in [0.4, 0.5) is 5.69 Å². The summed E-state index contributed by atoms with van der Waals surface area (Å²) in [5.41, 5.74) is 6.44. The van der Waals surface area contributed by atoms with Crippen molar-refractivity contribution in [3.05, 3.63) is 12.1 Å². The van der Waals surface area contributed by atoms with Gasteiger partial charge in [-0.2, -0.15) is 0 Å². The lowest BCUT2D eigenvalue weighted by Gasteiger charge is -2.14. The number of benzene rings is 1. The molecule has 0 aliphatic heterocycles. The Kier molecular flexibility index (Phi) is 4.76. The van der Waals surface area contributed by atoms with Gasteiger partial charge in [-0.1, -0.05) is 0 Å². The summed E-state index contributed by atoms with van der Waals surface area (Å²) in [6.07, 6.45) is 0. The highest BCUT2D eigenvalue weighted by Gasteiger charge is 2.10. The first kappa shape index (κ1) is 12.5. The van der Waals surface area contributed by atoms with Crippen molar-refractivity contribution < 1.29 is 14.2 Å². The molecule has 0 saturated carbocycles. The average Bonchev–Trinajstić information content (AvgIpc) is 2.26. The van der Waals surface area contributed by atoms with E-state index in [1.54, 1.807) is 12.1 Å². The molecule has 1 aromatic rings. The summed E-state index contributed by atoms with van der Waals surface area (Å²) < 4.78 is 16.3. The Balaban J connectivity index is 3.05. The van der Waals surface area contributed by atoms with Gasteiger partial charge in [0.1, 0.15) is 22.9 Å². The molecular formula is C12H19NO3. The van der Waals surface area contributed by atoms with Crippen LogP contribution in [0.15, 0.2) is 12.1 Å². The number of rotatable bonds is 6. The second kappa shape index (κ2) is 6.10. The number of hydrogen-bond donors (Lipinski definition) is 1. The molecule has 0 aliphatic carbocycles. The van der Waals surface area contributed by atoms with Crippen molar-refractivity contribution in [3.63, 3.8) is 0 Å². The van der Waals surface area contributed by atoms with E-state index in [2.05, 4.69) is 0 Å². The first-order chi connectivity index (χ1) is 7.72. The Bertz CT molecular complexity index is 312. The van der Waals surface area contributed by atoms with Crippen molar-refractivity contribution in [2.45, 2.75) is 20.8 Å². The van der Waals surface area contributed by atoms with Crippen molar-refractivity contribution >= 4 is 5.69 Å². The molecule has 90 valence electrons. The molecule has 4 heteroatoms. The topological polar surface area (TPSA) is 53.7 Å². The first-order valence-corrected chi connectivity index (χ1v) is 5.54. The SMILES string of the molecule is CCOc1cc(OCC)c(N)c(OCC)c1. The fraction of sp³-hybridized carbons (Fsp3) is 0.500. The Morgan fingerprint density at radius 3 is 1.69 bits per heavy atom. The lowest BCUT2D eigenvalue weighted by molar-refractivity contribution is 0.309. The van der Waals surface area contributed by atoms with E-state index >= 15 is 0 Å². The average molecular weight is 225 g/mol. The highest BCUT2D eigenvalue weighted by Crippen LogP contribution is 2.36. The Hall–Kier alpha value is -1.58. The predicted molar refractivity (Wildman–Crippen MR) is 64.4 cm³/mol. The van der Waals surface area contributed by atoms with Crippen LogP contribution in [0.5, 0.6) is 17.2 Å². The van der Waals surface area contributed by atoms with Crippen LogP contribution < -0.4 is 19.9 Å². The third-order valence-electron chi connectivity index (χ3n) is 1.99. The van der Waals surface area contributed by atoms with Gasteiger partial charge in [-0.25, -0.2) is 0 Å². The molecule has 1 aromatic carbocycles. The molecule has 1 rings (SSSR count). The lowest BCUT2D eigenvalue weighted by Crippen LogP contribution is -2.03. The molecule has 0 heterocycles. The van der Waals surface area contributed by atoms with Gasteiger partial charge in [0.25, 0.3) is 0 Å². The van der Waals surface area contributed by atoms with E-state index in [4.69, 9.17) is 19.9 Å². The minimum Gasteiger partial charge on any atom is -0.494 e. The molecule has 0 aromatic heterocycles. The van der Waals surface area contributed by atoms with Crippen LogP contribution in [-0.2, 0) is 0 Å². The van der Waals surface area contributed by atoms with E-state index in [0.29, 0.717) is 42.8 Å². The number of nitrogen functional groups attached to an aromatic ring is 1. The highest BCUT2D eigenvalue weighted by atomic mass is 16.5. The largest absolute Gasteiger partial charge is 0.494 e. The van der Waals surface area contributed by atoms with Crippen molar-refractivity contribution in [3.8, 4) is 17.2 Å². The molecule has 0 amide bonds. The maximum Gasteiger partial charge on any atom is 0.149 e. The zero-order valence-corrected chi connectivity index (χ0v) is 10.1. The number of hydrogen-bond acceptors (Lipinski definition) is 4. The minimum atomic E-state index is 0.521. The summed E-state index contributed by atoms with van der Waals surface area (Å²) in [5, 5.41) is 0. The van der Waals surface area contributed by atoms with Crippen molar-refractivity contribution in [2.24, 2.45) is 0 Å². The summed E-state index contributed by atoms with van der Waals surface area (Å²) in [7, 11) is 0. The third kappa shape index (κ3) is 2.95. The van der Waals surface area contributed by atoms with Crippen LogP contribution in [0.2, 0.25) is 0 Å². The molecule has 0 aliphatic rings. The maximum atomic E-state index is 5.91. The molecule has 0 spiro atoms. The summed E-state index contributed by atoms with van der Waals surface area (Å²) in [4.78, 5) is 0. The number of anilines is 1. The minimum absolute atomic E-state index is 0.521. The fourth-order valence-corrected chi connectivity index (χ4v) is 1.38. The quantitative estimate of drug-likeness (QED) is 0.756. The van der Waals surface area contributed by atoms with E-state index in [0.717, 1.165) is 0 Å². The Morgan fingerprint density at radius 2 is 1.31 bits per heavy atom. The summed E-state index contributed by atoms with van der Waals surface area (Å²) in [6.45, 7) is 7.47. The van der Waals surface area contributed by atoms with Crippen LogP contribution in [0.1, 0.15) is 20.8 Å². The van der Waals surface area contributed by atoms with E-state index in [1.807, 2.05) is 20.8 Å². The second-order valence-corrected chi connectivity index (χ2v) is 3.13. The maximum absolute atomic E-state index is 5.91. The zero-order chi connectivity index (χ0) is 12.0. The molecule has 0 fully saturated rings. The van der Waals surface area contributed by atoms with Gasteiger partial charge in [-0.3, -0.25) is 0 Å². The molecule has 2 N–H and O–H groups in total. The van der Waals surface area contributed by atoms with Crippen LogP contribution in [-0.4, -0.2) is 19.8 Å². The molecule has 16 heavy (non-hydrogen) atoms. The number of ether oxygens (including phenoxy) is 3. The standard InChI is InChI=1S/C12H19NO3/c1-4-14-9-7-10(15-5-2)12(13)11(8-9)16-6-3/h7-8H,4-6,13H2,1-3H3. The predicted octanol–water partition coefficient (Wildman–Crippen LogP) is 2.46. The van der Waals surface area contributed by atoms with Gasteiger partial charge in [0.05, 0.1) is 19.8 Å². The van der Waals surface area contributed by atoms with Crippen LogP contribution in [0.25, 0.3) is 0 Å². The smallest absolute Gasteiger partial charge is 0.149 e. The van der Waals surface area contributed by atoms with Crippen LogP contribution in [0, 0.1) is 0 Å². The van der Waals surface area contributed by atoms with Crippen molar-refractivity contribution in [1.29, 1.82) is 0 Å².